The Kier molecular flexibility index (Phi) is 3.78. The van der Waals surface area contributed by atoms with Crippen LogP contribution in [0.3, 0.4) is 0 Å². The number of rotatable bonds is 6. The Bertz CT molecular complexity index is 508. The molecule has 3 nitrogen and oxygen atoms in total. The van der Waals surface area contributed by atoms with Gasteiger partial charge in [-0.2, -0.15) is 0 Å². The molecule has 0 aliphatic heterocycles. The SMILES string of the molecule is COC1(CCc2ccc(C3(C(=O)O)CCCC3)cc2)CC1. The maximum atomic E-state index is 11.7. The largest absolute Gasteiger partial charge is 0.481 e. The average Bonchev–Trinajstić information content (AvgIpc) is 3.11. The second-order valence-corrected chi connectivity index (χ2v) is 6.68. The summed E-state index contributed by atoms with van der Waals surface area (Å²) in [5.41, 5.74) is 1.75. The van der Waals surface area contributed by atoms with Crippen molar-refractivity contribution in [2.75, 3.05) is 7.11 Å². The molecule has 2 aliphatic carbocycles. The first-order valence-corrected chi connectivity index (χ1v) is 7.98. The quantitative estimate of drug-likeness (QED) is 0.868. The van der Waals surface area contributed by atoms with Crippen molar-refractivity contribution < 1.29 is 14.6 Å². The lowest BCUT2D eigenvalue weighted by Gasteiger charge is -2.24. The zero-order valence-corrected chi connectivity index (χ0v) is 12.7. The summed E-state index contributed by atoms with van der Waals surface area (Å²) < 4.78 is 5.55. The highest BCUT2D eigenvalue weighted by Gasteiger charge is 2.43. The summed E-state index contributed by atoms with van der Waals surface area (Å²) in [7, 11) is 1.80. The van der Waals surface area contributed by atoms with Crippen LogP contribution in [0.2, 0.25) is 0 Å². The Morgan fingerprint density at radius 2 is 1.76 bits per heavy atom. The van der Waals surface area contributed by atoms with Gasteiger partial charge in [-0.05, 0) is 49.7 Å². The van der Waals surface area contributed by atoms with Crippen LogP contribution in [-0.4, -0.2) is 23.8 Å². The normalized spacial score (nSPS) is 22.1. The van der Waals surface area contributed by atoms with E-state index in [0.717, 1.165) is 44.1 Å². The van der Waals surface area contributed by atoms with E-state index in [2.05, 4.69) is 12.1 Å². The van der Waals surface area contributed by atoms with Crippen LogP contribution in [0.1, 0.15) is 56.1 Å². The van der Waals surface area contributed by atoms with E-state index in [-0.39, 0.29) is 5.60 Å². The van der Waals surface area contributed by atoms with Crippen molar-refractivity contribution in [3.8, 4) is 0 Å². The minimum atomic E-state index is -0.663. The van der Waals surface area contributed by atoms with Crippen molar-refractivity contribution in [1.29, 1.82) is 0 Å². The van der Waals surface area contributed by atoms with E-state index in [1.807, 2.05) is 12.1 Å². The first-order chi connectivity index (χ1) is 10.1. The molecule has 1 aromatic carbocycles. The average molecular weight is 288 g/mol. The number of aryl methyl sites for hydroxylation is 1. The molecule has 0 saturated heterocycles. The topological polar surface area (TPSA) is 46.5 Å². The highest BCUT2D eigenvalue weighted by Crippen LogP contribution is 2.43. The monoisotopic (exact) mass is 288 g/mol. The molecule has 3 rings (SSSR count). The molecule has 114 valence electrons. The van der Waals surface area contributed by atoms with Crippen molar-refractivity contribution in [2.45, 2.75) is 62.4 Å². The molecular formula is C18H24O3. The fourth-order valence-electron chi connectivity index (χ4n) is 3.66. The Balaban J connectivity index is 1.70. The molecule has 2 aliphatic rings. The van der Waals surface area contributed by atoms with Crippen LogP contribution in [0.4, 0.5) is 0 Å². The lowest BCUT2D eigenvalue weighted by atomic mass is 9.78. The van der Waals surface area contributed by atoms with Gasteiger partial charge in [0.25, 0.3) is 0 Å². The fourth-order valence-corrected chi connectivity index (χ4v) is 3.66. The maximum absolute atomic E-state index is 11.7. The van der Waals surface area contributed by atoms with E-state index in [1.165, 1.54) is 18.4 Å². The molecule has 0 atom stereocenters. The first-order valence-electron chi connectivity index (χ1n) is 7.98. The van der Waals surface area contributed by atoms with Gasteiger partial charge in [0.05, 0.1) is 11.0 Å². The number of carboxylic acid groups (broad SMARTS) is 1. The van der Waals surface area contributed by atoms with E-state index in [4.69, 9.17) is 4.74 Å². The summed E-state index contributed by atoms with van der Waals surface area (Å²) in [6.07, 6.45) is 7.99. The third kappa shape index (κ3) is 2.71. The minimum absolute atomic E-state index is 0.131. The molecular weight excluding hydrogens is 264 g/mol. The van der Waals surface area contributed by atoms with Gasteiger partial charge < -0.3 is 9.84 Å². The zero-order valence-electron chi connectivity index (χ0n) is 12.7. The molecule has 0 unspecified atom stereocenters. The lowest BCUT2D eigenvalue weighted by molar-refractivity contribution is -0.143. The van der Waals surface area contributed by atoms with Gasteiger partial charge in [-0.15, -0.1) is 0 Å². The molecule has 0 amide bonds. The van der Waals surface area contributed by atoms with Crippen molar-refractivity contribution >= 4 is 5.97 Å². The van der Waals surface area contributed by atoms with Gasteiger partial charge in [0.15, 0.2) is 0 Å². The molecule has 0 heterocycles. The molecule has 1 N–H and O–H groups in total. The van der Waals surface area contributed by atoms with E-state index in [1.54, 1.807) is 7.11 Å². The fraction of sp³-hybridized carbons (Fsp3) is 0.611. The van der Waals surface area contributed by atoms with Gasteiger partial charge in [0.1, 0.15) is 0 Å². The maximum Gasteiger partial charge on any atom is 0.314 e. The van der Waals surface area contributed by atoms with Crippen LogP contribution in [-0.2, 0) is 21.4 Å². The van der Waals surface area contributed by atoms with Gasteiger partial charge in [0, 0.05) is 7.11 Å². The number of carbonyl (C=O) groups is 1. The predicted molar refractivity (Wildman–Crippen MR) is 81.5 cm³/mol. The molecule has 0 aromatic heterocycles. The number of hydrogen-bond donors (Lipinski definition) is 1. The van der Waals surface area contributed by atoms with Gasteiger partial charge in [-0.3, -0.25) is 4.79 Å². The molecule has 21 heavy (non-hydrogen) atoms. The molecule has 2 saturated carbocycles. The summed E-state index contributed by atoms with van der Waals surface area (Å²) in [6.45, 7) is 0. The van der Waals surface area contributed by atoms with Crippen LogP contribution in [0, 0.1) is 0 Å². The summed E-state index contributed by atoms with van der Waals surface area (Å²) >= 11 is 0. The number of aliphatic carboxylic acids is 1. The molecule has 1 aromatic rings. The number of ether oxygens (including phenoxy) is 1. The summed E-state index contributed by atoms with van der Waals surface area (Å²) in [6, 6.07) is 8.26. The standard InChI is InChI=1S/C18H24O3/c1-21-17(12-13-17)11-8-14-4-6-15(7-5-14)18(16(19)20)9-2-3-10-18/h4-7H,2-3,8-13H2,1H3,(H,19,20). The minimum Gasteiger partial charge on any atom is -0.481 e. The van der Waals surface area contributed by atoms with Crippen LogP contribution < -0.4 is 0 Å². The third-order valence-corrected chi connectivity index (χ3v) is 5.48. The molecule has 0 bridgehead atoms. The third-order valence-electron chi connectivity index (χ3n) is 5.48. The number of benzene rings is 1. The van der Waals surface area contributed by atoms with Crippen LogP contribution in [0.5, 0.6) is 0 Å². The highest BCUT2D eigenvalue weighted by molar-refractivity contribution is 5.81. The summed E-state index contributed by atoms with van der Waals surface area (Å²) in [4.78, 5) is 11.7. The van der Waals surface area contributed by atoms with Crippen LogP contribution in [0.15, 0.2) is 24.3 Å². The van der Waals surface area contributed by atoms with E-state index in [0.29, 0.717) is 0 Å². The predicted octanol–water partition coefficient (Wildman–Crippen LogP) is 3.69. The van der Waals surface area contributed by atoms with E-state index >= 15 is 0 Å². The number of methoxy groups -OCH3 is 1. The van der Waals surface area contributed by atoms with Crippen molar-refractivity contribution in [3.63, 3.8) is 0 Å². The number of hydrogen-bond acceptors (Lipinski definition) is 2. The Morgan fingerprint density at radius 3 is 2.24 bits per heavy atom. The Hall–Kier alpha value is -1.35. The van der Waals surface area contributed by atoms with Crippen molar-refractivity contribution in [2.24, 2.45) is 0 Å². The number of carboxylic acids is 1. The lowest BCUT2D eigenvalue weighted by Crippen LogP contribution is -2.32. The van der Waals surface area contributed by atoms with Crippen molar-refractivity contribution in [3.05, 3.63) is 35.4 Å². The van der Waals surface area contributed by atoms with Gasteiger partial charge in [-0.25, -0.2) is 0 Å². The van der Waals surface area contributed by atoms with E-state index in [9.17, 15) is 9.90 Å². The van der Waals surface area contributed by atoms with Crippen LogP contribution >= 0.6 is 0 Å². The zero-order chi connectivity index (χ0) is 14.9. The van der Waals surface area contributed by atoms with E-state index < -0.39 is 11.4 Å². The molecule has 3 heteroatoms. The smallest absolute Gasteiger partial charge is 0.314 e. The summed E-state index contributed by atoms with van der Waals surface area (Å²) in [5, 5.41) is 9.62. The molecule has 0 spiro atoms. The Morgan fingerprint density at radius 1 is 1.14 bits per heavy atom. The van der Waals surface area contributed by atoms with Gasteiger partial charge in [0.2, 0.25) is 0 Å². The van der Waals surface area contributed by atoms with Crippen LogP contribution in [0.25, 0.3) is 0 Å². The highest BCUT2D eigenvalue weighted by atomic mass is 16.5. The molecule has 2 fully saturated rings. The summed E-state index contributed by atoms with van der Waals surface area (Å²) in [5.74, 6) is -0.663. The van der Waals surface area contributed by atoms with Gasteiger partial charge in [-0.1, -0.05) is 37.1 Å². The Labute approximate surface area is 126 Å². The van der Waals surface area contributed by atoms with Crippen molar-refractivity contribution in [1.82, 2.24) is 0 Å². The van der Waals surface area contributed by atoms with Gasteiger partial charge >= 0.3 is 5.97 Å². The molecule has 0 radical (unpaired) electrons. The second-order valence-electron chi connectivity index (χ2n) is 6.68. The second kappa shape index (κ2) is 5.45. The first kappa shape index (κ1) is 14.6.